The molecule has 1 fully saturated rings. The number of aliphatic hydroxyl groups excluding tert-OH is 1. The Morgan fingerprint density at radius 1 is 1.00 bits per heavy atom. The average molecular weight is 588 g/mol. The number of nitrogens with two attached hydrogens (primary N) is 1. The summed E-state index contributed by atoms with van der Waals surface area (Å²) in [5.74, 6) is -1.06. The fourth-order valence-corrected chi connectivity index (χ4v) is 4.15. The predicted octanol–water partition coefficient (Wildman–Crippen LogP) is 2.28. The zero-order valence-corrected chi connectivity index (χ0v) is 22.2. The van der Waals surface area contributed by atoms with Gasteiger partial charge in [0, 0.05) is 36.7 Å². The summed E-state index contributed by atoms with van der Waals surface area (Å²) in [6.07, 6.45) is -2.05. The van der Waals surface area contributed by atoms with Gasteiger partial charge in [-0.25, -0.2) is 14.4 Å². The Kier molecular flexibility index (Phi) is 10.5. The molecule has 1 heterocycles. The molecule has 0 aliphatic carbocycles. The van der Waals surface area contributed by atoms with Crippen molar-refractivity contribution >= 4 is 29.5 Å². The summed E-state index contributed by atoms with van der Waals surface area (Å²) < 4.78 is 15.5. The van der Waals surface area contributed by atoms with Gasteiger partial charge in [-0.15, -0.1) is 0 Å². The largest absolute Gasteiger partial charge is 0.459 e. The second-order valence-corrected chi connectivity index (χ2v) is 9.36. The van der Waals surface area contributed by atoms with Gasteiger partial charge in [-0.05, 0) is 41.8 Å². The molecule has 42 heavy (non-hydrogen) atoms. The molecular weight excluding hydrogens is 558 g/mol. The van der Waals surface area contributed by atoms with Gasteiger partial charge in [0.05, 0.1) is 22.5 Å². The van der Waals surface area contributed by atoms with E-state index in [0.29, 0.717) is 11.1 Å². The number of non-ortho nitro benzene ring substituents is 2. The number of hydrogen-bond acceptors (Lipinski definition) is 12. The Balaban J connectivity index is 1.67. The van der Waals surface area contributed by atoms with Crippen LogP contribution in [0.1, 0.15) is 24.0 Å². The number of aliphatic hydroxyl groups is 1. The van der Waals surface area contributed by atoms with Gasteiger partial charge in [0.25, 0.3) is 11.4 Å². The van der Waals surface area contributed by atoms with Gasteiger partial charge in [0.2, 0.25) is 0 Å². The van der Waals surface area contributed by atoms with Crippen LogP contribution in [0.5, 0.6) is 0 Å². The van der Waals surface area contributed by atoms with Crippen LogP contribution < -0.4 is 11.1 Å². The van der Waals surface area contributed by atoms with Gasteiger partial charge >= 0.3 is 18.2 Å². The van der Waals surface area contributed by atoms with Crippen LogP contribution in [0.3, 0.4) is 0 Å². The standard InChI is InChI=1S/C26H29N5O11/c1-2-11-40-23(33)26(27,28-24(34)41-15-17-3-7-19(8-4-17)30(36)37)13-21-12-22(32)14-29(21)25(35)42-16-18-5-9-20(10-6-18)31(38)39/h2-10,21-22,32H,1,11-16,27H2,(H,28,34)/t21-,22-,26?/m1/s1. The van der Waals surface area contributed by atoms with Crippen molar-refractivity contribution in [2.24, 2.45) is 5.73 Å². The first-order valence-electron chi connectivity index (χ1n) is 12.5. The number of β-amino-alcohol motifs (C(OH)–C–C–N with tert-alkyl or cyclic N) is 1. The van der Waals surface area contributed by atoms with Crippen molar-refractivity contribution in [1.29, 1.82) is 0 Å². The molecular formula is C26H29N5O11. The lowest BCUT2D eigenvalue weighted by molar-refractivity contribution is -0.385. The minimum atomic E-state index is -2.21. The Morgan fingerprint density at radius 3 is 2.02 bits per heavy atom. The topological polar surface area (TPSA) is 227 Å². The van der Waals surface area contributed by atoms with Crippen molar-refractivity contribution in [3.05, 3.63) is 92.5 Å². The van der Waals surface area contributed by atoms with E-state index >= 15 is 0 Å². The summed E-state index contributed by atoms with van der Waals surface area (Å²) >= 11 is 0. The first-order chi connectivity index (χ1) is 19.9. The van der Waals surface area contributed by atoms with Crippen LogP contribution in [-0.4, -0.2) is 69.0 Å². The van der Waals surface area contributed by atoms with Gasteiger partial charge in [-0.2, -0.15) is 0 Å². The van der Waals surface area contributed by atoms with Gasteiger partial charge in [0.1, 0.15) is 19.8 Å². The summed E-state index contributed by atoms with van der Waals surface area (Å²) in [6.45, 7) is 2.55. The molecule has 0 radical (unpaired) electrons. The van der Waals surface area contributed by atoms with Crippen molar-refractivity contribution in [2.75, 3.05) is 13.2 Å². The van der Waals surface area contributed by atoms with E-state index in [2.05, 4.69) is 11.9 Å². The second kappa shape index (κ2) is 14.0. The lowest BCUT2D eigenvalue weighted by atomic mass is 9.98. The molecule has 224 valence electrons. The number of rotatable bonds is 12. The lowest BCUT2D eigenvalue weighted by Gasteiger charge is -2.33. The molecule has 1 aliphatic heterocycles. The Hall–Kier alpha value is -5.09. The van der Waals surface area contributed by atoms with E-state index in [1.807, 2.05) is 0 Å². The van der Waals surface area contributed by atoms with Gasteiger partial charge in [-0.3, -0.25) is 31.3 Å². The highest BCUT2D eigenvalue weighted by Gasteiger charge is 2.46. The summed E-state index contributed by atoms with van der Waals surface area (Å²) in [7, 11) is 0. The van der Waals surface area contributed by atoms with Crippen molar-refractivity contribution in [1.82, 2.24) is 10.2 Å². The van der Waals surface area contributed by atoms with E-state index in [4.69, 9.17) is 19.9 Å². The van der Waals surface area contributed by atoms with Crippen LogP contribution in [-0.2, 0) is 32.2 Å². The highest BCUT2D eigenvalue weighted by Crippen LogP contribution is 2.26. The van der Waals surface area contributed by atoms with Gasteiger partial charge in [0.15, 0.2) is 5.66 Å². The third kappa shape index (κ3) is 8.45. The van der Waals surface area contributed by atoms with E-state index in [1.165, 1.54) is 54.6 Å². The molecule has 0 bridgehead atoms. The molecule has 3 atom stereocenters. The molecule has 2 aromatic rings. The quantitative estimate of drug-likeness (QED) is 0.0811. The first-order valence-corrected chi connectivity index (χ1v) is 12.5. The van der Waals surface area contributed by atoms with Crippen LogP contribution in [0.15, 0.2) is 61.2 Å². The summed E-state index contributed by atoms with van der Waals surface area (Å²) in [4.78, 5) is 60.0. The highest BCUT2D eigenvalue weighted by molar-refractivity contribution is 5.85. The number of likely N-dealkylation sites (tertiary alicyclic amines) is 1. The summed E-state index contributed by atoms with van der Waals surface area (Å²) in [5, 5.41) is 34.2. The Bertz CT molecular complexity index is 1320. The molecule has 0 spiro atoms. The lowest BCUT2D eigenvalue weighted by Crippen LogP contribution is -2.64. The van der Waals surface area contributed by atoms with E-state index in [0.717, 1.165) is 4.90 Å². The highest BCUT2D eigenvalue weighted by atomic mass is 16.6. The number of alkyl carbamates (subject to hydrolysis) is 1. The molecule has 16 nitrogen and oxygen atoms in total. The fourth-order valence-electron chi connectivity index (χ4n) is 4.15. The number of nitrogens with zero attached hydrogens (tertiary/aromatic N) is 3. The maximum Gasteiger partial charge on any atom is 0.410 e. The molecule has 2 amide bonds. The van der Waals surface area contributed by atoms with E-state index in [-0.39, 0.29) is 50.6 Å². The number of amides is 2. The number of benzene rings is 2. The van der Waals surface area contributed by atoms with Gasteiger partial charge in [-0.1, -0.05) is 12.7 Å². The maximum absolute atomic E-state index is 12.9. The molecule has 1 aliphatic rings. The van der Waals surface area contributed by atoms with Crippen LogP contribution in [0.25, 0.3) is 0 Å². The monoisotopic (exact) mass is 587 g/mol. The molecule has 4 N–H and O–H groups in total. The fraction of sp³-hybridized carbons (Fsp3) is 0.346. The molecule has 1 unspecified atom stereocenters. The van der Waals surface area contributed by atoms with E-state index < -0.39 is 45.8 Å². The van der Waals surface area contributed by atoms with Crippen molar-refractivity contribution < 1.29 is 43.5 Å². The van der Waals surface area contributed by atoms with E-state index in [9.17, 15) is 39.7 Å². The average Bonchev–Trinajstić information content (AvgIpc) is 3.33. The number of esters is 1. The molecule has 0 aromatic heterocycles. The smallest absolute Gasteiger partial charge is 0.410 e. The minimum absolute atomic E-state index is 0.000156. The minimum Gasteiger partial charge on any atom is -0.459 e. The Labute approximate surface area is 238 Å². The molecule has 0 saturated carbocycles. The predicted molar refractivity (Wildman–Crippen MR) is 144 cm³/mol. The van der Waals surface area contributed by atoms with Crippen LogP contribution >= 0.6 is 0 Å². The molecule has 2 aromatic carbocycles. The maximum atomic E-state index is 12.9. The molecule has 16 heteroatoms. The third-order valence-corrected chi connectivity index (χ3v) is 6.23. The SMILES string of the molecule is C=CCOC(=O)C(N)(C[C@H]1C[C@@H](O)CN1C(=O)OCc1ccc([N+](=O)[O-])cc1)NC(=O)OCc1ccc([N+](=O)[O-])cc1. The number of nitrogens with one attached hydrogen (secondary N) is 1. The van der Waals surface area contributed by atoms with E-state index in [1.54, 1.807) is 0 Å². The number of hydrogen-bond donors (Lipinski definition) is 3. The normalized spacial score (nSPS) is 17.4. The zero-order valence-electron chi connectivity index (χ0n) is 22.2. The zero-order chi connectivity index (χ0) is 30.9. The van der Waals surface area contributed by atoms with Crippen LogP contribution in [0.4, 0.5) is 21.0 Å². The van der Waals surface area contributed by atoms with Crippen molar-refractivity contribution in [3.63, 3.8) is 0 Å². The molecule has 1 saturated heterocycles. The summed E-state index contributed by atoms with van der Waals surface area (Å²) in [6, 6.07) is 9.74. The first kappa shape index (κ1) is 31.4. The number of carbonyl (C=O) groups is 3. The Morgan fingerprint density at radius 2 is 1.52 bits per heavy atom. The summed E-state index contributed by atoms with van der Waals surface area (Å²) in [5.41, 5.74) is 4.70. The van der Waals surface area contributed by atoms with Crippen molar-refractivity contribution in [3.8, 4) is 0 Å². The van der Waals surface area contributed by atoms with Gasteiger partial charge < -0.3 is 24.2 Å². The third-order valence-electron chi connectivity index (χ3n) is 6.23. The number of nitro benzene ring substituents is 2. The number of nitro groups is 2. The second-order valence-electron chi connectivity index (χ2n) is 9.36. The van der Waals surface area contributed by atoms with Crippen LogP contribution in [0, 0.1) is 20.2 Å². The molecule has 3 rings (SSSR count). The van der Waals surface area contributed by atoms with Crippen molar-refractivity contribution in [2.45, 2.75) is 43.9 Å². The van der Waals surface area contributed by atoms with Crippen LogP contribution in [0.2, 0.25) is 0 Å². The number of ether oxygens (including phenoxy) is 3. The number of carbonyl (C=O) groups excluding carboxylic acids is 3.